The summed E-state index contributed by atoms with van der Waals surface area (Å²) in [5, 5.41) is 3.22. The van der Waals surface area contributed by atoms with Gasteiger partial charge in [-0.1, -0.05) is 12.1 Å². The lowest BCUT2D eigenvalue weighted by molar-refractivity contribution is 0.0786. The zero-order chi connectivity index (χ0) is 16.9. The van der Waals surface area contributed by atoms with Gasteiger partial charge in [-0.15, -0.1) is 0 Å². The Morgan fingerprint density at radius 2 is 1.92 bits per heavy atom. The van der Waals surface area contributed by atoms with E-state index in [0.717, 1.165) is 37.9 Å². The highest BCUT2D eigenvalue weighted by Gasteiger charge is 2.21. The van der Waals surface area contributed by atoms with Crippen molar-refractivity contribution in [3.8, 4) is 0 Å². The lowest BCUT2D eigenvalue weighted by atomic mass is 10.1. The molecule has 6 heteroatoms. The minimum atomic E-state index is -0.233. The number of hydrogen-bond acceptors (Lipinski definition) is 4. The molecule has 1 fully saturated rings. The van der Waals surface area contributed by atoms with Crippen LogP contribution in [-0.4, -0.2) is 40.4 Å². The molecule has 0 radical (unpaired) electrons. The molecular weight excluding hydrogens is 307 g/mol. The number of aromatic nitrogens is 2. The second-order valence-corrected chi connectivity index (χ2v) is 5.99. The van der Waals surface area contributed by atoms with Crippen LogP contribution in [0.5, 0.6) is 0 Å². The summed E-state index contributed by atoms with van der Waals surface area (Å²) in [5.74, 6) is 0.958. The summed E-state index contributed by atoms with van der Waals surface area (Å²) in [7, 11) is 0. The van der Waals surface area contributed by atoms with Gasteiger partial charge in [0.05, 0.1) is 0 Å². The van der Waals surface area contributed by atoms with Gasteiger partial charge in [0.2, 0.25) is 0 Å². The number of benzene rings is 1. The molecule has 1 N–H and O–H groups in total. The third kappa shape index (κ3) is 4.07. The van der Waals surface area contributed by atoms with Crippen LogP contribution in [0.3, 0.4) is 0 Å². The second-order valence-electron chi connectivity index (χ2n) is 5.99. The Hall–Kier alpha value is -2.50. The number of amides is 1. The molecule has 0 bridgehead atoms. The Kier molecular flexibility index (Phi) is 5.03. The first-order valence-corrected chi connectivity index (χ1v) is 8.25. The van der Waals surface area contributed by atoms with E-state index in [1.54, 1.807) is 25.1 Å². The molecule has 3 rings (SSSR count). The molecule has 1 aromatic heterocycles. The number of likely N-dealkylation sites (tertiary alicyclic amines) is 1. The molecule has 1 saturated heterocycles. The molecule has 0 unspecified atom stereocenters. The van der Waals surface area contributed by atoms with Gasteiger partial charge >= 0.3 is 0 Å². The van der Waals surface area contributed by atoms with Gasteiger partial charge in [0.15, 0.2) is 0 Å². The highest BCUT2D eigenvalue weighted by Crippen LogP contribution is 2.14. The lowest BCUT2D eigenvalue weighted by Gasteiger charge is -2.15. The van der Waals surface area contributed by atoms with E-state index in [1.807, 2.05) is 4.90 Å². The van der Waals surface area contributed by atoms with Crippen LogP contribution in [0.2, 0.25) is 0 Å². The number of hydrogen-bond donors (Lipinski definition) is 1. The van der Waals surface area contributed by atoms with Crippen molar-refractivity contribution in [1.82, 2.24) is 14.9 Å². The summed E-state index contributed by atoms with van der Waals surface area (Å²) >= 11 is 0. The predicted octanol–water partition coefficient (Wildman–Crippen LogP) is 2.81. The van der Waals surface area contributed by atoms with E-state index in [-0.39, 0.29) is 11.7 Å². The summed E-state index contributed by atoms with van der Waals surface area (Å²) in [6.07, 6.45) is 2.86. The second kappa shape index (κ2) is 7.38. The summed E-state index contributed by atoms with van der Waals surface area (Å²) in [4.78, 5) is 22.9. The van der Waals surface area contributed by atoms with E-state index in [2.05, 4.69) is 15.3 Å². The van der Waals surface area contributed by atoms with Crippen LogP contribution in [0.15, 0.2) is 30.3 Å². The maximum Gasteiger partial charge on any atom is 0.272 e. The van der Waals surface area contributed by atoms with Gasteiger partial charge in [0, 0.05) is 25.7 Å². The van der Waals surface area contributed by atoms with Crippen molar-refractivity contribution in [3.63, 3.8) is 0 Å². The molecule has 1 aromatic carbocycles. The van der Waals surface area contributed by atoms with Crippen molar-refractivity contribution in [1.29, 1.82) is 0 Å². The number of carbonyl (C=O) groups is 1. The van der Waals surface area contributed by atoms with Gasteiger partial charge < -0.3 is 10.2 Å². The van der Waals surface area contributed by atoms with Gasteiger partial charge in [-0.05, 0) is 43.9 Å². The standard InChI is InChI=1S/C18H21FN4O/c1-13-21-16(18(24)23-10-2-3-11-23)12-17(22-13)20-9-8-14-4-6-15(19)7-5-14/h4-7,12H,2-3,8-11H2,1H3,(H,20,21,22). The molecule has 0 spiro atoms. The minimum Gasteiger partial charge on any atom is -0.370 e. The third-order valence-electron chi connectivity index (χ3n) is 4.08. The monoisotopic (exact) mass is 328 g/mol. The topological polar surface area (TPSA) is 58.1 Å². The molecular formula is C18H21FN4O. The van der Waals surface area contributed by atoms with Crippen LogP contribution in [0.1, 0.15) is 34.7 Å². The zero-order valence-electron chi connectivity index (χ0n) is 13.8. The number of anilines is 1. The van der Waals surface area contributed by atoms with Gasteiger partial charge in [0.25, 0.3) is 5.91 Å². The summed E-state index contributed by atoms with van der Waals surface area (Å²) in [6, 6.07) is 8.15. The molecule has 1 aliphatic rings. The maximum atomic E-state index is 12.9. The molecule has 0 saturated carbocycles. The quantitative estimate of drug-likeness (QED) is 0.917. The number of aryl methyl sites for hydroxylation is 1. The molecule has 126 valence electrons. The maximum absolute atomic E-state index is 12.9. The molecule has 1 amide bonds. The Morgan fingerprint density at radius 3 is 2.62 bits per heavy atom. The van der Waals surface area contributed by atoms with Crippen molar-refractivity contribution < 1.29 is 9.18 Å². The van der Waals surface area contributed by atoms with Crippen LogP contribution in [0, 0.1) is 12.7 Å². The van der Waals surface area contributed by atoms with E-state index >= 15 is 0 Å². The van der Waals surface area contributed by atoms with Gasteiger partial charge in [-0.25, -0.2) is 14.4 Å². The summed E-state index contributed by atoms with van der Waals surface area (Å²) in [6.45, 7) is 4.04. The first-order valence-electron chi connectivity index (χ1n) is 8.25. The average Bonchev–Trinajstić information content (AvgIpc) is 3.10. The number of carbonyl (C=O) groups excluding carboxylic acids is 1. The van der Waals surface area contributed by atoms with E-state index in [0.29, 0.717) is 23.9 Å². The number of rotatable bonds is 5. The predicted molar refractivity (Wildman–Crippen MR) is 90.5 cm³/mol. The smallest absolute Gasteiger partial charge is 0.272 e. The molecule has 0 atom stereocenters. The Bertz CT molecular complexity index is 711. The summed E-state index contributed by atoms with van der Waals surface area (Å²) in [5.41, 5.74) is 1.48. The highest BCUT2D eigenvalue weighted by molar-refractivity contribution is 5.93. The fourth-order valence-corrected chi connectivity index (χ4v) is 2.84. The van der Waals surface area contributed by atoms with Crippen LogP contribution in [0.4, 0.5) is 10.2 Å². The van der Waals surface area contributed by atoms with Gasteiger partial charge in [-0.3, -0.25) is 4.79 Å². The van der Waals surface area contributed by atoms with Crippen molar-refractivity contribution in [2.45, 2.75) is 26.2 Å². The van der Waals surface area contributed by atoms with Crippen LogP contribution >= 0.6 is 0 Å². The third-order valence-corrected chi connectivity index (χ3v) is 4.08. The van der Waals surface area contributed by atoms with Gasteiger partial charge in [-0.2, -0.15) is 0 Å². The SMILES string of the molecule is Cc1nc(NCCc2ccc(F)cc2)cc(C(=O)N2CCCC2)n1. The molecule has 2 heterocycles. The largest absolute Gasteiger partial charge is 0.370 e. The van der Waals surface area contributed by atoms with Crippen molar-refractivity contribution >= 4 is 11.7 Å². The van der Waals surface area contributed by atoms with Crippen LogP contribution < -0.4 is 5.32 Å². The number of nitrogens with zero attached hydrogens (tertiary/aromatic N) is 3. The number of halogens is 1. The minimum absolute atomic E-state index is 0.0282. The van der Waals surface area contributed by atoms with E-state index in [9.17, 15) is 9.18 Å². The molecule has 5 nitrogen and oxygen atoms in total. The normalized spacial score (nSPS) is 14.0. The first-order chi connectivity index (χ1) is 11.6. The number of nitrogens with one attached hydrogen (secondary N) is 1. The van der Waals surface area contributed by atoms with E-state index in [4.69, 9.17) is 0 Å². The Labute approximate surface area is 140 Å². The van der Waals surface area contributed by atoms with Crippen LogP contribution in [0.25, 0.3) is 0 Å². The van der Waals surface area contributed by atoms with Crippen molar-refractivity contribution in [2.75, 3.05) is 25.0 Å². The first kappa shape index (κ1) is 16.4. The highest BCUT2D eigenvalue weighted by atomic mass is 19.1. The summed E-state index contributed by atoms with van der Waals surface area (Å²) < 4.78 is 12.9. The Morgan fingerprint density at radius 1 is 1.21 bits per heavy atom. The van der Waals surface area contributed by atoms with E-state index in [1.165, 1.54) is 12.1 Å². The van der Waals surface area contributed by atoms with Crippen LogP contribution in [-0.2, 0) is 6.42 Å². The fourth-order valence-electron chi connectivity index (χ4n) is 2.84. The molecule has 0 aliphatic carbocycles. The van der Waals surface area contributed by atoms with Crippen molar-refractivity contribution in [2.24, 2.45) is 0 Å². The van der Waals surface area contributed by atoms with Crippen molar-refractivity contribution in [3.05, 3.63) is 53.2 Å². The molecule has 2 aromatic rings. The average molecular weight is 328 g/mol. The fraction of sp³-hybridized carbons (Fsp3) is 0.389. The Balaban J connectivity index is 1.62. The van der Waals surface area contributed by atoms with Gasteiger partial charge in [0.1, 0.15) is 23.2 Å². The van der Waals surface area contributed by atoms with E-state index < -0.39 is 0 Å². The zero-order valence-corrected chi connectivity index (χ0v) is 13.8. The lowest BCUT2D eigenvalue weighted by Crippen LogP contribution is -2.28. The molecule has 24 heavy (non-hydrogen) atoms. The molecule has 1 aliphatic heterocycles.